The summed E-state index contributed by atoms with van der Waals surface area (Å²) in [6.45, 7) is 0.548. The van der Waals surface area contributed by atoms with Crippen LogP contribution in [0.5, 0.6) is 0 Å². The van der Waals surface area contributed by atoms with Crippen LogP contribution in [-0.4, -0.2) is 17.9 Å². The van der Waals surface area contributed by atoms with E-state index in [1.165, 1.54) is 24.3 Å². The van der Waals surface area contributed by atoms with E-state index in [1.807, 2.05) is 11.4 Å². The van der Waals surface area contributed by atoms with E-state index in [1.54, 1.807) is 23.3 Å². The van der Waals surface area contributed by atoms with Gasteiger partial charge in [0.1, 0.15) is 5.82 Å². The number of nitrogens with zero attached hydrogens (tertiary/aromatic N) is 1. The molecule has 0 aliphatic heterocycles. The molecule has 0 spiro atoms. The van der Waals surface area contributed by atoms with Gasteiger partial charge in [0.2, 0.25) is 0 Å². The third kappa shape index (κ3) is 3.17. The minimum atomic E-state index is -0.337. The number of rotatable bonds is 3. The van der Waals surface area contributed by atoms with E-state index in [0.29, 0.717) is 12.1 Å². The Labute approximate surface area is 117 Å². The van der Waals surface area contributed by atoms with Gasteiger partial charge in [-0.1, -0.05) is 0 Å². The van der Waals surface area contributed by atoms with Gasteiger partial charge in [-0.3, -0.25) is 4.79 Å². The van der Waals surface area contributed by atoms with Crippen molar-refractivity contribution in [2.24, 2.45) is 0 Å². The van der Waals surface area contributed by atoms with Gasteiger partial charge in [-0.05, 0) is 46.3 Å². The molecule has 0 bridgehead atoms. The highest BCUT2D eigenvalue weighted by atomic mass is 79.9. The van der Waals surface area contributed by atoms with Crippen LogP contribution >= 0.6 is 27.3 Å². The van der Waals surface area contributed by atoms with Crippen molar-refractivity contribution in [1.82, 2.24) is 4.90 Å². The van der Waals surface area contributed by atoms with Crippen LogP contribution in [0.1, 0.15) is 15.2 Å². The average molecular weight is 328 g/mol. The Kier molecular flexibility index (Phi) is 4.14. The van der Waals surface area contributed by atoms with Gasteiger partial charge in [-0.15, -0.1) is 11.3 Å². The molecule has 2 rings (SSSR count). The van der Waals surface area contributed by atoms with Gasteiger partial charge in [0.15, 0.2) is 0 Å². The lowest BCUT2D eigenvalue weighted by atomic mass is 10.2. The summed E-state index contributed by atoms with van der Waals surface area (Å²) < 4.78 is 13.8. The molecule has 0 saturated carbocycles. The topological polar surface area (TPSA) is 20.3 Å². The fourth-order valence-corrected chi connectivity index (χ4v) is 3.06. The van der Waals surface area contributed by atoms with E-state index in [4.69, 9.17) is 0 Å². The number of amides is 1. The molecule has 1 heterocycles. The van der Waals surface area contributed by atoms with Crippen molar-refractivity contribution in [3.8, 4) is 0 Å². The lowest BCUT2D eigenvalue weighted by Crippen LogP contribution is -2.25. The van der Waals surface area contributed by atoms with E-state index >= 15 is 0 Å². The largest absolute Gasteiger partial charge is 0.337 e. The first-order valence-electron chi connectivity index (χ1n) is 5.30. The number of hydrogen-bond acceptors (Lipinski definition) is 2. The van der Waals surface area contributed by atoms with Gasteiger partial charge in [0.05, 0.1) is 6.54 Å². The summed E-state index contributed by atoms with van der Waals surface area (Å²) in [6, 6.07) is 7.57. The standard InChI is InChI=1S/C13H11BrFNOS/c1-16(7-12-6-10(14)8-18-12)13(17)9-2-4-11(15)5-3-9/h2-6,8H,7H2,1H3. The molecular formula is C13H11BrFNOS. The molecule has 0 unspecified atom stereocenters. The molecule has 0 saturated heterocycles. The van der Waals surface area contributed by atoms with Crippen LogP contribution < -0.4 is 0 Å². The first-order chi connectivity index (χ1) is 8.56. The smallest absolute Gasteiger partial charge is 0.253 e. The molecule has 0 aliphatic rings. The van der Waals surface area contributed by atoms with Crippen LogP contribution in [0.25, 0.3) is 0 Å². The molecule has 2 aromatic rings. The van der Waals surface area contributed by atoms with Crippen molar-refractivity contribution in [2.75, 3.05) is 7.05 Å². The van der Waals surface area contributed by atoms with Gasteiger partial charge >= 0.3 is 0 Å². The van der Waals surface area contributed by atoms with E-state index in [-0.39, 0.29) is 11.7 Å². The van der Waals surface area contributed by atoms with Crippen molar-refractivity contribution in [1.29, 1.82) is 0 Å². The van der Waals surface area contributed by atoms with Crippen LogP contribution in [0, 0.1) is 5.82 Å². The van der Waals surface area contributed by atoms with E-state index in [9.17, 15) is 9.18 Å². The zero-order chi connectivity index (χ0) is 13.1. The number of halogens is 2. The summed E-state index contributed by atoms with van der Waals surface area (Å²) in [4.78, 5) is 14.8. The lowest BCUT2D eigenvalue weighted by molar-refractivity contribution is 0.0786. The quantitative estimate of drug-likeness (QED) is 0.836. The SMILES string of the molecule is CN(Cc1cc(Br)cs1)C(=O)c1ccc(F)cc1. The number of thiophene rings is 1. The molecule has 0 atom stereocenters. The van der Waals surface area contributed by atoms with E-state index in [0.717, 1.165) is 9.35 Å². The van der Waals surface area contributed by atoms with Crippen molar-refractivity contribution in [3.05, 3.63) is 56.4 Å². The number of carbonyl (C=O) groups excluding carboxylic acids is 1. The number of benzene rings is 1. The Morgan fingerprint density at radius 1 is 1.39 bits per heavy atom. The second-order valence-corrected chi connectivity index (χ2v) is 5.81. The maximum atomic E-state index is 12.8. The normalized spacial score (nSPS) is 10.4. The molecule has 0 N–H and O–H groups in total. The predicted octanol–water partition coefficient (Wildman–Crippen LogP) is 3.92. The number of hydrogen-bond donors (Lipinski definition) is 0. The summed E-state index contributed by atoms with van der Waals surface area (Å²) in [7, 11) is 1.74. The number of carbonyl (C=O) groups is 1. The molecule has 1 aromatic carbocycles. The lowest BCUT2D eigenvalue weighted by Gasteiger charge is -2.16. The summed E-state index contributed by atoms with van der Waals surface area (Å²) in [5.41, 5.74) is 0.495. The predicted molar refractivity (Wildman–Crippen MR) is 74.2 cm³/mol. The van der Waals surface area contributed by atoms with Crippen molar-refractivity contribution < 1.29 is 9.18 Å². The molecule has 0 aliphatic carbocycles. The minimum absolute atomic E-state index is 0.112. The second-order valence-electron chi connectivity index (χ2n) is 3.90. The minimum Gasteiger partial charge on any atom is -0.337 e. The molecule has 0 radical (unpaired) electrons. The molecule has 94 valence electrons. The molecule has 1 amide bonds. The Bertz CT molecular complexity index is 552. The molecule has 5 heteroatoms. The maximum absolute atomic E-state index is 12.8. The van der Waals surface area contributed by atoms with E-state index in [2.05, 4.69) is 15.9 Å². The van der Waals surface area contributed by atoms with Gasteiger partial charge in [0, 0.05) is 27.3 Å². The van der Waals surface area contributed by atoms with Crippen LogP contribution in [0.2, 0.25) is 0 Å². The molecule has 18 heavy (non-hydrogen) atoms. The summed E-state index contributed by atoms with van der Waals surface area (Å²) in [5.74, 6) is -0.448. The zero-order valence-corrected chi connectivity index (χ0v) is 12.1. The highest BCUT2D eigenvalue weighted by Gasteiger charge is 2.12. The van der Waals surface area contributed by atoms with Crippen LogP contribution in [0.3, 0.4) is 0 Å². The molecular weight excluding hydrogens is 317 g/mol. The highest BCUT2D eigenvalue weighted by Crippen LogP contribution is 2.21. The van der Waals surface area contributed by atoms with Gasteiger partial charge < -0.3 is 4.90 Å². The van der Waals surface area contributed by atoms with Gasteiger partial charge in [-0.25, -0.2) is 4.39 Å². The third-order valence-electron chi connectivity index (χ3n) is 2.45. The Balaban J connectivity index is 2.07. The van der Waals surface area contributed by atoms with Crippen LogP contribution in [-0.2, 0) is 6.54 Å². The fraction of sp³-hybridized carbons (Fsp3) is 0.154. The fourth-order valence-electron chi connectivity index (χ4n) is 1.56. The Hall–Kier alpha value is -1.20. The van der Waals surface area contributed by atoms with E-state index < -0.39 is 0 Å². The first-order valence-corrected chi connectivity index (χ1v) is 6.97. The maximum Gasteiger partial charge on any atom is 0.253 e. The van der Waals surface area contributed by atoms with Crippen LogP contribution in [0.4, 0.5) is 4.39 Å². The monoisotopic (exact) mass is 327 g/mol. The zero-order valence-electron chi connectivity index (χ0n) is 9.69. The van der Waals surface area contributed by atoms with Crippen LogP contribution in [0.15, 0.2) is 40.2 Å². The highest BCUT2D eigenvalue weighted by molar-refractivity contribution is 9.10. The average Bonchev–Trinajstić information content (AvgIpc) is 2.75. The molecule has 2 nitrogen and oxygen atoms in total. The summed E-state index contributed by atoms with van der Waals surface area (Å²) >= 11 is 4.97. The second kappa shape index (κ2) is 5.63. The summed E-state index contributed by atoms with van der Waals surface area (Å²) in [5, 5.41) is 1.98. The first kappa shape index (κ1) is 13.2. The summed E-state index contributed by atoms with van der Waals surface area (Å²) in [6.07, 6.45) is 0. The van der Waals surface area contributed by atoms with Crippen molar-refractivity contribution >= 4 is 33.2 Å². The van der Waals surface area contributed by atoms with Gasteiger partial charge in [-0.2, -0.15) is 0 Å². The molecule has 0 fully saturated rings. The van der Waals surface area contributed by atoms with Gasteiger partial charge in [0.25, 0.3) is 5.91 Å². The third-order valence-corrected chi connectivity index (χ3v) is 4.14. The van der Waals surface area contributed by atoms with Crippen molar-refractivity contribution in [2.45, 2.75) is 6.54 Å². The Morgan fingerprint density at radius 3 is 2.61 bits per heavy atom. The Morgan fingerprint density at radius 2 is 2.06 bits per heavy atom. The van der Waals surface area contributed by atoms with Crippen molar-refractivity contribution in [3.63, 3.8) is 0 Å². The molecule has 1 aromatic heterocycles.